The van der Waals surface area contributed by atoms with Crippen LogP contribution in [-0.4, -0.2) is 6.04 Å². The van der Waals surface area contributed by atoms with Gasteiger partial charge in [0.2, 0.25) is 0 Å². The summed E-state index contributed by atoms with van der Waals surface area (Å²) in [5.41, 5.74) is 1.39. The quantitative estimate of drug-likeness (QED) is 0.816. The van der Waals surface area contributed by atoms with Crippen LogP contribution in [0.5, 0.6) is 0 Å². The maximum atomic E-state index is 3.54. The van der Waals surface area contributed by atoms with Crippen molar-refractivity contribution >= 4 is 10.8 Å². The van der Waals surface area contributed by atoms with E-state index in [2.05, 4.69) is 61.6 Å². The van der Waals surface area contributed by atoms with Gasteiger partial charge in [0.15, 0.2) is 0 Å². The van der Waals surface area contributed by atoms with Gasteiger partial charge in [-0.25, -0.2) is 0 Å². The van der Waals surface area contributed by atoms with E-state index < -0.39 is 0 Å². The summed E-state index contributed by atoms with van der Waals surface area (Å²) in [6.45, 7) is 5.39. The molecule has 1 heteroatoms. The lowest BCUT2D eigenvalue weighted by Gasteiger charge is -2.12. The summed E-state index contributed by atoms with van der Waals surface area (Å²) in [4.78, 5) is 0. The topological polar surface area (TPSA) is 12.0 Å². The smallest absolute Gasteiger partial charge is 0.0214 e. The molecule has 0 amide bonds. The number of hydrogen-bond donors (Lipinski definition) is 1. The Morgan fingerprint density at radius 3 is 2.62 bits per heavy atom. The van der Waals surface area contributed by atoms with Gasteiger partial charge in [-0.2, -0.15) is 0 Å². The molecule has 0 spiro atoms. The molecule has 0 aliphatic heterocycles. The van der Waals surface area contributed by atoms with E-state index in [9.17, 15) is 0 Å². The highest BCUT2D eigenvalue weighted by atomic mass is 14.9. The van der Waals surface area contributed by atoms with Gasteiger partial charge >= 0.3 is 0 Å². The second kappa shape index (κ2) is 5.13. The first-order chi connectivity index (χ1) is 7.81. The van der Waals surface area contributed by atoms with Gasteiger partial charge in [0.1, 0.15) is 0 Å². The highest BCUT2D eigenvalue weighted by molar-refractivity contribution is 5.85. The molecular formula is C15H19N. The zero-order valence-electron chi connectivity index (χ0n) is 10.0. The number of nitrogens with one attached hydrogen (secondary N) is 1. The third kappa shape index (κ3) is 2.42. The molecule has 0 heterocycles. The fourth-order valence-corrected chi connectivity index (χ4v) is 1.88. The van der Waals surface area contributed by atoms with Crippen molar-refractivity contribution in [2.75, 3.05) is 0 Å². The third-order valence-corrected chi connectivity index (χ3v) is 3.13. The summed E-state index contributed by atoms with van der Waals surface area (Å²) in [5.74, 6) is 0. The van der Waals surface area contributed by atoms with Crippen molar-refractivity contribution < 1.29 is 0 Å². The molecule has 2 rings (SSSR count). The minimum absolute atomic E-state index is 0.582. The lowest BCUT2D eigenvalue weighted by molar-refractivity contribution is 0.535. The molecule has 84 valence electrons. The van der Waals surface area contributed by atoms with Gasteiger partial charge in [-0.1, -0.05) is 49.4 Å². The molecule has 0 radical (unpaired) electrons. The Labute approximate surface area is 97.5 Å². The minimum Gasteiger partial charge on any atom is -0.310 e. The van der Waals surface area contributed by atoms with Crippen LogP contribution >= 0.6 is 0 Å². The van der Waals surface area contributed by atoms with Crippen LogP contribution in [0.1, 0.15) is 25.8 Å². The van der Waals surface area contributed by atoms with Gasteiger partial charge in [0.05, 0.1) is 0 Å². The summed E-state index contributed by atoms with van der Waals surface area (Å²) in [5, 5.41) is 6.23. The average molecular weight is 213 g/mol. The van der Waals surface area contributed by atoms with Gasteiger partial charge < -0.3 is 5.32 Å². The molecule has 2 aromatic carbocycles. The molecule has 0 fully saturated rings. The van der Waals surface area contributed by atoms with E-state index in [0.717, 1.165) is 6.54 Å². The highest BCUT2D eigenvalue weighted by Gasteiger charge is 2.01. The van der Waals surface area contributed by atoms with E-state index in [1.165, 1.54) is 22.8 Å². The highest BCUT2D eigenvalue weighted by Crippen LogP contribution is 2.18. The van der Waals surface area contributed by atoms with Crippen LogP contribution in [0.3, 0.4) is 0 Å². The number of hydrogen-bond acceptors (Lipinski definition) is 1. The molecule has 1 N–H and O–H groups in total. The first kappa shape index (κ1) is 11.2. The maximum absolute atomic E-state index is 3.54. The van der Waals surface area contributed by atoms with Crippen molar-refractivity contribution in [3.05, 3.63) is 48.0 Å². The van der Waals surface area contributed by atoms with Crippen LogP contribution in [0.2, 0.25) is 0 Å². The van der Waals surface area contributed by atoms with E-state index in [1.807, 2.05) is 0 Å². The maximum Gasteiger partial charge on any atom is 0.0214 e. The largest absolute Gasteiger partial charge is 0.310 e. The van der Waals surface area contributed by atoms with Gasteiger partial charge in [-0.15, -0.1) is 0 Å². The monoisotopic (exact) mass is 213 g/mol. The van der Waals surface area contributed by atoms with Crippen LogP contribution in [-0.2, 0) is 6.54 Å². The summed E-state index contributed by atoms with van der Waals surface area (Å²) >= 11 is 0. The van der Waals surface area contributed by atoms with E-state index in [1.54, 1.807) is 0 Å². The number of rotatable bonds is 4. The van der Waals surface area contributed by atoms with E-state index in [-0.39, 0.29) is 0 Å². The molecule has 0 aliphatic carbocycles. The second-order valence-electron chi connectivity index (χ2n) is 4.33. The summed E-state index contributed by atoms with van der Waals surface area (Å²) in [7, 11) is 0. The third-order valence-electron chi connectivity index (χ3n) is 3.13. The van der Waals surface area contributed by atoms with Crippen LogP contribution in [0.15, 0.2) is 42.5 Å². The van der Waals surface area contributed by atoms with Crippen LogP contribution < -0.4 is 5.32 Å². The molecular weight excluding hydrogens is 194 g/mol. The second-order valence-corrected chi connectivity index (χ2v) is 4.33. The molecule has 0 aromatic heterocycles. The first-order valence-electron chi connectivity index (χ1n) is 6.01. The van der Waals surface area contributed by atoms with E-state index in [0.29, 0.717) is 6.04 Å². The average Bonchev–Trinajstić information content (AvgIpc) is 2.35. The molecule has 0 aliphatic rings. The zero-order valence-corrected chi connectivity index (χ0v) is 10.0. The zero-order chi connectivity index (χ0) is 11.4. The Morgan fingerprint density at radius 1 is 1.06 bits per heavy atom. The standard InChI is InChI=1S/C15H19N/c1-3-12(2)16-11-14-9-6-8-13-7-4-5-10-15(13)14/h4-10,12,16H,3,11H2,1-2H3/t12-/m1/s1. The molecule has 0 saturated heterocycles. The molecule has 1 atom stereocenters. The van der Waals surface area contributed by atoms with Crippen molar-refractivity contribution in [2.45, 2.75) is 32.9 Å². The van der Waals surface area contributed by atoms with E-state index in [4.69, 9.17) is 0 Å². The van der Waals surface area contributed by atoms with Crippen LogP contribution in [0, 0.1) is 0 Å². The number of fused-ring (bicyclic) bond motifs is 1. The molecule has 1 nitrogen and oxygen atoms in total. The van der Waals surface area contributed by atoms with Gasteiger partial charge in [0.25, 0.3) is 0 Å². The number of benzene rings is 2. The molecule has 0 unspecified atom stereocenters. The molecule has 0 bridgehead atoms. The van der Waals surface area contributed by atoms with Crippen molar-refractivity contribution in [3.63, 3.8) is 0 Å². The van der Waals surface area contributed by atoms with E-state index >= 15 is 0 Å². The Balaban J connectivity index is 2.23. The fourth-order valence-electron chi connectivity index (χ4n) is 1.88. The molecule has 2 aromatic rings. The Hall–Kier alpha value is -1.34. The van der Waals surface area contributed by atoms with Crippen molar-refractivity contribution in [1.29, 1.82) is 0 Å². The van der Waals surface area contributed by atoms with Crippen molar-refractivity contribution in [2.24, 2.45) is 0 Å². The fraction of sp³-hybridized carbons (Fsp3) is 0.333. The Kier molecular flexibility index (Phi) is 3.58. The molecule has 16 heavy (non-hydrogen) atoms. The summed E-state index contributed by atoms with van der Waals surface area (Å²) in [6.07, 6.45) is 1.17. The Morgan fingerprint density at radius 2 is 1.81 bits per heavy atom. The Bertz CT molecular complexity index is 456. The van der Waals surface area contributed by atoms with Gasteiger partial charge in [-0.3, -0.25) is 0 Å². The normalized spacial score (nSPS) is 12.9. The predicted octanol–water partition coefficient (Wildman–Crippen LogP) is 3.73. The van der Waals surface area contributed by atoms with Crippen molar-refractivity contribution in [3.8, 4) is 0 Å². The van der Waals surface area contributed by atoms with Gasteiger partial charge in [0, 0.05) is 12.6 Å². The minimum atomic E-state index is 0.582. The summed E-state index contributed by atoms with van der Waals surface area (Å²) in [6, 6.07) is 15.7. The lowest BCUT2D eigenvalue weighted by atomic mass is 10.0. The SMILES string of the molecule is CC[C@@H](C)NCc1cccc2ccccc12. The first-order valence-corrected chi connectivity index (χ1v) is 6.01. The lowest BCUT2D eigenvalue weighted by Crippen LogP contribution is -2.24. The van der Waals surface area contributed by atoms with Crippen LogP contribution in [0.4, 0.5) is 0 Å². The van der Waals surface area contributed by atoms with Gasteiger partial charge in [-0.05, 0) is 29.7 Å². The van der Waals surface area contributed by atoms with Crippen molar-refractivity contribution in [1.82, 2.24) is 5.32 Å². The van der Waals surface area contributed by atoms with Crippen LogP contribution in [0.25, 0.3) is 10.8 Å². The molecule has 0 saturated carbocycles. The predicted molar refractivity (Wildman–Crippen MR) is 70.5 cm³/mol. The summed E-state index contributed by atoms with van der Waals surface area (Å²) < 4.78 is 0.